The minimum atomic E-state index is 0.852. The van der Waals surface area contributed by atoms with Crippen molar-refractivity contribution in [1.29, 1.82) is 0 Å². The number of rotatable bonds is 7. The monoisotopic (exact) mass is 298 g/mol. The third kappa shape index (κ3) is 5.54. The molecule has 0 bridgehead atoms. The summed E-state index contributed by atoms with van der Waals surface area (Å²) in [6, 6.07) is 8.39. The van der Waals surface area contributed by atoms with Gasteiger partial charge < -0.3 is 4.90 Å². The molecule has 0 N–H and O–H groups in total. The van der Waals surface area contributed by atoms with Crippen LogP contribution in [0.5, 0.6) is 0 Å². The second-order valence-corrected chi connectivity index (χ2v) is 6.16. The van der Waals surface area contributed by atoms with Crippen LogP contribution in [0.2, 0.25) is 0 Å². The van der Waals surface area contributed by atoms with Crippen molar-refractivity contribution < 1.29 is 0 Å². The summed E-state index contributed by atoms with van der Waals surface area (Å²) in [6.07, 6.45) is 3.78. The van der Waals surface area contributed by atoms with Gasteiger partial charge in [0.2, 0.25) is 0 Å². The summed E-state index contributed by atoms with van der Waals surface area (Å²) < 4.78 is 0. The number of nitrogens with zero attached hydrogens (tertiary/aromatic N) is 4. The van der Waals surface area contributed by atoms with Crippen LogP contribution in [0.1, 0.15) is 22.5 Å². The van der Waals surface area contributed by atoms with Crippen molar-refractivity contribution in [2.24, 2.45) is 0 Å². The molecular weight excluding hydrogens is 272 g/mol. The molecule has 4 heteroatoms. The molecule has 0 atom stereocenters. The highest BCUT2D eigenvalue weighted by atomic mass is 15.2. The van der Waals surface area contributed by atoms with Gasteiger partial charge in [-0.2, -0.15) is 0 Å². The highest BCUT2D eigenvalue weighted by Crippen LogP contribution is 2.09. The van der Waals surface area contributed by atoms with Gasteiger partial charge in [-0.05, 0) is 63.3 Å². The quantitative estimate of drug-likeness (QED) is 0.786. The Bertz CT molecular complexity index is 548. The lowest BCUT2D eigenvalue weighted by Gasteiger charge is -2.23. The predicted molar refractivity (Wildman–Crippen MR) is 90.6 cm³/mol. The largest absolute Gasteiger partial charge is 0.308 e. The summed E-state index contributed by atoms with van der Waals surface area (Å²) in [6.45, 7) is 7.95. The first-order valence-electron chi connectivity index (χ1n) is 7.73. The van der Waals surface area contributed by atoms with E-state index in [1.165, 1.54) is 11.1 Å². The Balaban J connectivity index is 2.08. The lowest BCUT2D eigenvalue weighted by molar-refractivity contribution is 0.221. The molecule has 0 aliphatic carbocycles. The van der Waals surface area contributed by atoms with Crippen molar-refractivity contribution in [3.05, 3.63) is 59.2 Å². The Morgan fingerprint density at radius 3 is 1.73 bits per heavy atom. The Labute approximate surface area is 133 Å². The second-order valence-electron chi connectivity index (χ2n) is 6.16. The van der Waals surface area contributed by atoms with Gasteiger partial charge in [0.1, 0.15) is 0 Å². The highest BCUT2D eigenvalue weighted by molar-refractivity contribution is 5.16. The first kappa shape index (κ1) is 16.6. The Hall–Kier alpha value is -1.78. The van der Waals surface area contributed by atoms with Crippen LogP contribution in [0, 0.1) is 13.8 Å². The van der Waals surface area contributed by atoms with E-state index < -0.39 is 0 Å². The van der Waals surface area contributed by atoms with Gasteiger partial charge in [-0.1, -0.05) is 0 Å². The average molecular weight is 298 g/mol. The molecule has 4 nitrogen and oxygen atoms in total. The van der Waals surface area contributed by atoms with Crippen LogP contribution in [0.15, 0.2) is 36.7 Å². The maximum absolute atomic E-state index is 4.49. The van der Waals surface area contributed by atoms with Gasteiger partial charge in [-0.15, -0.1) is 0 Å². The maximum atomic E-state index is 4.49. The Morgan fingerprint density at radius 1 is 0.818 bits per heavy atom. The first-order valence-corrected chi connectivity index (χ1v) is 7.73. The van der Waals surface area contributed by atoms with Gasteiger partial charge in [0.15, 0.2) is 0 Å². The fourth-order valence-corrected chi connectivity index (χ4v) is 2.38. The van der Waals surface area contributed by atoms with Gasteiger partial charge in [-0.25, -0.2) is 0 Å². The number of hydrogen-bond acceptors (Lipinski definition) is 4. The average Bonchev–Trinajstić information content (AvgIpc) is 2.45. The lowest BCUT2D eigenvalue weighted by Crippen LogP contribution is -2.31. The summed E-state index contributed by atoms with van der Waals surface area (Å²) in [4.78, 5) is 13.6. The van der Waals surface area contributed by atoms with E-state index in [-0.39, 0.29) is 0 Å². The third-order valence-electron chi connectivity index (χ3n) is 3.58. The minimum absolute atomic E-state index is 0.852. The Morgan fingerprint density at radius 2 is 1.32 bits per heavy atom. The van der Waals surface area contributed by atoms with Crippen molar-refractivity contribution in [1.82, 2.24) is 19.8 Å². The van der Waals surface area contributed by atoms with Crippen molar-refractivity contribution in [3.8, 4) is 0 Å². The van der Waals surface area contributed by atoms with Crippen LogP contribution in [0.25, 0.3) is 0 Å². The molecule has 2 heterocycles. The van der Waals surface area contributed by atoms with E-state index in [0.717, 1.165) is 37.6 Å². The van der Waals surface area contributed by atoms with E-state index in [1.54, 1.807) is 0 Å². The van der Waals surface area contributed by atoms with Gasteiger partial charge in [0.25, 0.3) is 0 Å². The number of aryl methyl sites for hydroxylation is 2. The topological polar surface area (TPSA) is 32.3 Å². The molecule has 2 aromatic heterocycles. The molecule has 22 heavy (non-hydrogen) atoms. The molecule has 0 radical (unpaired) electrons. The minimum Gasteiger partial charge on any atom is -0.308 e. The van der Waals surface area contributed by atoms with Crippen molar-refractivity contribution in [2.45, 2.75) is 26.9 Å². The molecule has 2 aromatic rings. The molecule has 0 aliphatic heterocycles. The maximum Gasteiger partial charge on any atom is 0.0546 e. The molecule has 0 unspecified atom stereocenters. The SMILES string of the molecule is Cc1ccnc(CN(CCN(C)C)Cc2cc(C)ccn2)c1. The lowest BCUT2D eigenvalue weighted by atomic mass is 10.2. The van der Waals surface area contributed by atoms with E-state index in [9.17, 15) is 0 Å². The van der Waals surface area contributed by atoms with E-state index >= 15 is 0 Å². The van der Waals surface area contributed by atoms with Gasteiger partial charge in [0, 0.05) is 38.6 Å². The van der Waals surface area contributed by atoms with Gasteiger partial charge in [0.05, 0.1) is 11.4 Å². The summed E-state index contributed by atoms with van der Waals surface area (Å²) in [5.41, 5.74) is 4.75. The van der Waals surface area contributed by atoms with Crippen LogP contribution in [-0.4, -0.2) is 47.0 Å². The standard InChI is InChI=1S/C18H26N4/c1-15-5-7-19-17(11-15)13-22(10-9-21(3)4)14-18-12-16(2)6-8-20-18/h5-8,11-12H,9-10,13-14H2,1-4H3. The molecule has 0 fully saturated rings. The van der Waals surface area contributed by atoms with Crippen LogP contribution in [0.3, 0.4) is 0 Å². The van der Waals surface area contributed by atoms with E-state index in [1.807, 2.05) is 24.5 Å². The van der Waals surface area contributed by atoms with Crippen molar-refractivity contribution in [3.63, 3.8) is 0 Å². The number of pyridine rings is 2. The third-order valence-corrected chi connectivity index (χ3v) is 3.58. The number of aromatic nitrogens is 2. The molecule has 2 rings (SSSR count). The van der Waals surface area contributed by atoms with E-state index in [4.69, 9.17) is 0 Å². The zero-order valence-corrected chi connectivity index (χ0v) is 14.1. The van der Waals surface area contributed by atoms with Crippen molar-refractivity contribution >= 4 is 0 Å². The van der Waals surface area contributed by atoms with Crippen LogP contribution in [0.4, 0.5) is 0 Å². The fourth-order valence-electron chi connectivity index (χ4n) is 2.38. The molecule has 118 valence electrons. The zero-order chi connectivity index (χ0) is 15.9. The normalized spacial score (nSPS) is 11.4. The molecule has 0 spiro atoms. The van der Waals surface area contributed by atoms with Crippen LogP contribution in [-0.2, 0) is 13.1 Å². The van der Waals surface area contributed by atoms with Crippen LogP contribution < -0.4 is 0 Å². The molecule has 0 aliphatic rings. The highest BCUT2D eigenvalue weighted by Gasteiger charge is 2.10. The summed E-state index contributed by atoms with van der Waals surface area (Å²) in [7, 11) is 4.21. The second kappa shape index (κ2) is 8.01. The summed E-state index contributed by atoms with van der Waals surface area (Å²) in [5.74, 6) is 0. The van der Waals surface area contributed by atoms with E-state index in [2.05, 4.69) is 59.8 Å². The summed E-state index contributed by atoms with van der Waals surface area (Å²) in [5, 5.41) is 0. The predicted octanol–water partition coefficient (Wildman–Crippen LogP) is 2.66. The Kier molecular flexibility index (Phi) is 6.04. The fraction of sp³-hybridized carbons (Fsp3) is 0.444. The van der Waals surface area contributed by atoms with E-state index in [0.29, 0.717) is 0 Å². The van der Waals surface area contributed by atoms with Gasteiger partial charge >= 0.3 is 0 Å². The van der Waals surface area contributed by atoms with Gasteiger partial charge in [-0.3, -0.25) is 14.9 Å². The molecular formula is C18H26N4. The first-order chi connectivity index (χ1) is 10.5. The van der Waals surface area contributed by atoms with Crippen molar-refractivity contribution in [2.75, 3.05) is 27.2 Å². The zero-order valence-electron chi connectivity index (χ0n) is 14.1. The summed E-state index contributed by atoms with van der Waals surface area (Å²) >= 11 is 0. The molecule has 0 amide bonds. The number of hydrogen-bond donors (Lipinski definition) is 0. The number of likely N-dealkylation sites (N-methyl/N-ethyl adjacent to an activating group) is 1. The molecule has 0 saturated heterocycles. The molecule has 0 saturated carbocycles. The van der Waals surface area contributed by atoms with Crippen LogP contribution >= 0.6 is 0 Å². The molecule has 0 aromatic carbocycles. The smallest absolute Gasteiger partial charge is 0.0546 e.